The summed E-state index contributed by atoms with van der Waals surface area (Å²) in [5.41, 5.74) is 1.02. The van der Waals surface area contributed by atoms with Crippen LogP contribution in [0.25, 0.3) is 0 Å². The molecule has 19 heavy (non-hydrogen) atoms. The second kappa shape index (κ2) is 6.44. The first kappa shape index (κ1) is 16.1. The van der Waals surface area contributed by atoms with Crippen molar-refractivity contribution >= 4 is 0 Å². The van der Waals surface area contributed by atoms with Gasteiger partial charge in [0.2, 0.25) is 0 Å². The fraction of sp³-hybridized carbons (Fsp3) is 0.600. The average molecular weight is 271 g/mol. The van der Waals surface area contributed by atoms with Gasteiger partial charge in [-0.05, 0) is 17.4 Å². The minimum atomic E-state index is -3.08. The van der Waals surface area contributed by atoms with Gasteiger partial charge >= 0.3 is 0 Å². The Morgan fingerprint density at radius 2 is 1.74 bits per heavy atom. The molecule has 1 aromatic carbocycles. The molecular weight excluding hydrogens is 248 g/mol. The van der Waals surface area contributed by atoms with Gasteiger partial charge in [0.1, 0.15) is 6.61 Å². The van der Waals surface area contributed by atoms with Gasteiger partial charge in [-0.3, -0.25) is 0 Å². The molecule has 108 valence electrons. The molecule has 1 rings (SSSR count). The lowest BCUT2D eigenvalue weighted by atomic mass is 9.85. The standard InChI is InChI=1S/C15H23F2NO/c1-14(2,3)9-13(12-7-5-4-6-8-12)18-10-15(16,17)11-19/h4-8,13,18-19H,9-11H2,1-3H3. The summed E-state index contributed by atoms with van der Waals surface area (Å²) in [6.07, 6.45) is 0.749. The highest BCUT2D eigenvalue weighted by Crippen LogP contribution is 2.29. The van der Waals surface area contributed by atoms with Crippen LogP contribution in [0.2, 0.25) is 0 Å². The Morgan fingerprint density at radius 3 is 2.21 bits per heavy atom. The van der Waals surface area contributed by atoms with E-state index in [1.165, 1.54) is 0 Å². The minimum absolute atomic E-state index is 0.0298. The van der Waals surface area contributed by atoms with Gasteiger partial charge in [-0.25, -0.2) is 8.78 Å². The number of aliphatic hydroxyl groups excluding tert-OH is 1. The largest absolute Gasteiger partial charge is 0.390 e. The molecule has 4 heteroatoms. The molecule has 1 atom stereocenters. The molecule has 0 saturated carbocycles. The van der Waals surface area contributed by atoms with E-state index in [4.69, 9.17) is 5.11 Å². The van der Waals surface area contributed by atoms with Crippen LogP contribution in [0.15, 0.2) is 30.3 Å². The van der Waals surface area contributed by atoms with Crippen molar-refractivity contribution in [1.29, 1.82) is 0 Å². The first-order valence-corrected chi connectivity index (χ1v) is 6.50. The molecule has 0 aliphatic carbocycles. The molecule has 0 fully saturated rings. The lowest BCUT2D eigenvalue weighted by Gasteiger charge is -2.28. The summed E-state index contributed by atoms with van der Waals surface area (Å²) in [5.74, 6) is -3.08. The Kier molecular flexibility index (Phi) is 5.44. The van der Waals surface area contributed by atoms with Gasteiger partial charge in [-0.1, -0.05) is 51.1 Å². The zero-order valence-corrected chi connectivity index (χ0v) is 11.8. The number of hydrogen-bond donors (Lipinski definition) is 2. The Morgan fingerprint density at radius 1 is 1.16 bits per heavy atom. The van der Waals surface area contributed by atoms with Crippen LogP contribution >= 0.6 is 0 Å². The van der Waals surface area contributed by atoms with Gasteiger partial charge in [0.25, 0.3) is 5.92 Å². The molecule has 0 spiro atoms. The molecular formula is C15H23F2NO. The predicted molar refractivity (Wildman–Crippen MR) is 73.3 cm³/mol. The average Bonchev–Trinajstić information content (AvgIpc) is 2.34. The molecule has 1 unspecified atom stereocenters. The van der Waals surface area contributed by atoms with Crippen molar-refractivity contribution < 1.29 is 13.9 Å². The minimum Gasteiger partial charge on any atom is -0.390 e. The van der Waals surface area contributed by atoms with E-state index in [-0.39, 0.29) is 11.5 Å². The number of nitrogens with one attached hydrogen (secondary N) is 1. The van der Waals surface area contributed by atoms with Gasteiger partial charge in [0, 0.05) is 6.04 Å². The smallest absolute Gasteiger partial charge is 0.282 e. The summed E-state index contributed by atoms with van der Waals surface area (Å²) in [6, 6.07) is 9.42. The molecule has 0 heterocycles. The lowest BCUT2D eigenvalue weighted by molar-refractivity contribution is -0.0500. The molecule has 0 radical (unpaired) electrons. The molecule has 0 amide bonds. The maximum absolute atomic E-state index is 13.1. The van der Waals surface area contributed by atoms with Crippen LogP contribution in [0.1, 0.15) is 38.8 Å². The van der Waals surface area contributed by atoms with Crippen molar-refractivity contribution in [2.75, 3.05) is 13.2 Å². The maximum atomic E-state index is 13.1. The zero-order chi connectivity index (χ0) is 14.5. The second-order valence-electron chi connectivity index (χ2n) is 6.12. The number of hydrogen-bond acceptors (Lipinski definition) is 2. The van der Waals surface area contributed by atoms with Gasteiger partial charge < -0.3 is 10.4 Å². The molecule has 0 bridgehead atoms. The van der Waals surface area contributed by atoms with Gasteiger partial charge in [-0.15, -0.1) is 0 Å². The highest BCUT2D eigenvalue weighted by molar-refractivity contribution is 5.19. The van der Waals surface area contributed by atoms with E-state index in [9.17, 15) is 8.78 Å². The second-order valence-corrected chi connectivity index (χ2v) is 6.12. The van der Waals surface area contributed by atoms with Crippen LogP contribution in [0.3, 0.4) is 0 Å². The summed E-state index contributed by atoms with van der Waals surface area (Å²) < 4.78 is 26.3. The molecule has 0 aliphatic rings. The maximum Gasteiger partial charge on any atom is 0.282 e. The third-order valence-corrected chi connectivity index (χ3v) is 2.86. The highest BCUT2D eigenvalue weighted by Gasteiger charge is 2.29. The number of halogens is 2. The fourth-order valence-corrected chi connectivity index (χ4v) is 1.93. The van der Waals surface area contributed by atoms with Crippen molar-refractivity contribution in [2.24, 2.45) is 5.41 Å². The zero-order valence-electron chi connectivity index (χ0n) is 11.8. The number of rotatable bonds is 6. The first-order valence-electron chi connectivity index (χ1n) is 6.50. The van der Waals surface area contributed by atoms with Gasteiger partial charge in [0.15, 0.2) is 0 Å². The Labute approximate surface area is 113 Å². The molecule has 2 N–H and O–H groups in total. The normalized spacial score (nSPS) is 14.4. The van der Waals surface area contributed by atoms with E-state index in [0.717, 1.165) is 12.0 Å². The fourth-order valence-electron chi connectivity index (χ4n) is 1.93. The Hall–Kier alpha value is -1.00. The van der Waals surface area contributed by atoms with Crippen molar-refractivity contribution in [2.45, 2.75) is 39.2 Å². The molecule has 0 aliphatic heterocycles. The van der Waals surface area contributed by atoms with E-state index in [1.54, 1.807) is 0 Å². The van der Waals surface area contributed by atoms with Gasteiger partial charge in [-0.2, -0.15) is 0 Å². The summed E-state index contributed by atoms with van der Waals surface area (Å²) in [5, 5.41) is 11.5. The van der Waals surface area contributed by atoms with Crippen molar-refractivity contribution in [3.63, 3.8) is 0 Å². The van der Waals surface area contributed by atoms with E-state index in [0.29, 0.717) is 0 Å². The third kappa shape index (κ3) is 6.12. The van der Waals surface area contributed by atoms with E-state index in [2.05, 4.69) is 26.1 Å². The van der Waals surface area contributed by atoms with Crippen LogP contribution < -0.4 is 5.32 Å². The molecule has 2 nitrogen and oxygen atoms in total. The first-order chi connectivity index (χ1) is 8.73. The monoisotopic (exact) mass is 271 g/mol. The van der Waals surface area contributed by atoms with E-state index < -0.39 is 19.1 Å². The Bertz CT molecular complexity index is 373. The Balaban J connectivity index is 2.77. The van der Waals surface area contributed by atoms with Crippen LogP contribution in [0, 0.1) is 5.41 Å². The third-order valence-electron chi connectivity index (χ3n) is 2.86. The van der Waals surface area contributed by atoms with Gasteiger partial charge in [0.05, 0.1) is 6.54 Å². The van der Waals surface area contributed by atoms with Crippen LogP contribution in [0.4, 0.5) is 8.78 Å². The van der Waals surface area contributed by atoms with Crippen molar-refractivity contribution in [3.8, 4) is 0 Å². The van der Waals surface area contributed by atoms with Crippen molar-refractivity contribution in [3.05, 3.63) is 35.9 Å². The predicted octanol–water partition coefficient (Wildman–Crippen LogP) is 3.38. The summed E-state index contributed by atoms with van der Waals surface area (Å²) in [7, 11) is 0. The topological polar surface area (TPSA) is 32.3 Å². The van der Waals surface area contributed by atoms with Crippen molar-refractivity contribution in [1.82, 2.24) is 5.32 Å². The SMILES string of the molecule is CC(C)(C)CC(NCC(F)(F)CO)c1ccccc1. The van der Waals surface area contributed by atoms with E-state index >= 15 is 0 Å². The molecule has 0 aromatic heterocycles. The summed E-state index contributed by atoms with van der Waals surface area (Å²) >= 11 is 0. The number of aliphatic hydroxyl groups is 1. The molecule has 0 saturated heterocycles. The van der Waals surface area contributed by atoms with Crippen LogP contribution in [0.5, 0.6) is 0 Å². The summed E-state index contributed by atoms with van der Waals surface area (Å²) in [4.78, 5) is 0. The number of alkyl halides is 2. The lowest BCUT2D eigenvalue weighted by Crippen LogP contribution is -2.38. The highest BCUT2D eigenvalue weighted by atomic mass is 19.3. The number of benzene rings is 1. The van der Waals surface area contributed by atoms with E-state index in [1.807, 2.05) is 30.3 Å². The van der Waals surface area contributed by atoms with Crippen LogP contribution in [-0.2, 0) is 0 Å². The summed E-state index contributed by atoms with van der Waals surface area (Å²) in [6.45, 7) is 4.59. The molecule has 1 aromatic rings. The quantitative estimate of drug-likeness (QED) is 0.831. The van der Waals surface area contributed by atoms with Crippen LogP contribution in [-0.4, -0.2) is 24.2 Å².